The van der Waals surface area contributed by atoms with Crippen molar-refractivity contribution in [2.75, 3.05) is 11.9 Å². The lowest BCUT2D eigenvalue weighted by Crippen LogP contribution is -2.25. The molecule has 4 rings (SSSR count). The van der Waals surface area contributed by atoms with E-state index >= 15 is 0 Å². The number of esters is 1. The number of carbonyl (C=O) groups excluding carboxylic acids is 2. The minimum atomic E-state index is -0.631. The highest BCUT2D eigenvalue weighted by Gasteiger charge is 2.16. The number of aryl methyl sites for hydroxylation is 1. The monoisotopic (exact) mass is 433 g/mol. The fraction of sp³-hybridized carbons (Fsp3) is 0.360. The fourth-order valence-corrected chi connectivity index (χ4v) is 3.91. The number of anilines is 1. The van der Waals surface area contributed by atoms with Crippen LogP contribution < -0.4 is 10.9 Å². The highest BCUT2D eigenvalue weighted by molar-refractivity contribution is 5.97. The molecular formula is C25H27N3O4. The topological polar surface area (TPSA) is 90.3 Å². The van der Waals surface area contributed by atoms with Gasteiger partial charge in [0.05, 0.1) is 16.5 Å². The molecular weight excluding hydrogens is 406 g/mol. The second kappa shape index (κ2) is 9.34. The van der Waals surface area contributed by atoms with Crippen LogP contribution in [0.5, 0.6) is 0 Å². The van der Waals surface area contributed by atoms with Crippen LogP contribution in [0.4, 0.5) is 5.69 Å². The Bertz CT molecular complexity index is 1210. The Labute approximate surface area is 186 Å². The number of carbonyl (C=O) groups is 2. The molecule has 3 aromatic rings. The quantitative estimate of drug-likeness (QED) is 0.613. The third-order valence-corrected chi connectivity index (χ3v) is 5.75. The van der Waals surface area contributed by atoms with Gasteiger partial charge in [-0.25, -0.2) is 9.78 Å². The van der Waals surface area contributed by atoms with Gasteiger partial charge in [0.25, 0.3) is 11.5 Å². The highest BCUT2D eigenvalue weighted by atomic mass is 16.5. The number of hydrogen-bond donors (Lipinski definition) is 1. The predicted molar refractivity (Wildman–Crippen MR) is 123 cm³/mol. The molecule has 0 saturated carbocycles. The van der Waals surface area contributed by atoms with Crippen molar-refractivity contribution in [2.24, 2.45) is 0 Å². The molecule has 0 radical (unpaired) electrons. The van der Waals surface area contributed by atoms with Gasteiger partial charge in [0, 0.05) is 18.7 Å². The largest absolute Gasteiger partial charge is 0.452 e. The average Bonchev–Trinajstić information content (AvgIpc) is 3.03. The van der Waals surface area contributed by atoms with Crippen molar-refractivity contribution >= 4 is 28.5 Å². The molecule has 0 unspecified atom stereocenters. The Kier molecular flexibility index (Phi) is 6.35. The van der Waals surface area contributed by atoms with Gasteiger partial charge in [-0.1, -0.05) is 32.4 Å². The lowest BCUT2D eigenvalue weighted by molar-refractivity contribution is -0.119. The molecule has 7 nitrogen and oxygen atoms in total. The summed E-state index contributed by atoms with van der Waals surface area (Å²) in [5, 5.41) is 3.20. The Hall–Kier alpha value is -3.48. The van der Waals surface area contributed by atoms with Gasteiger partial charge in [-0.2, -0.15) is 0 Å². The minimum absolute atomic E-state index is 0.0744. The van der Waals surface area contributed by atoms with Crippen LogP contribution in [0.25, 0.3) is 10.9 Å². The fourth-order valence-electron chi connectivity index (χ4n) is 3.91. The average molecular weight is 434 g/mol. The van der Waals surface area contributed by atoms with E-state index in [1.54, 1.807) is 22.8 Å². The van der Waals surface area contributed by atoms with Gasteiger partial charge in [0.1, 0.15) is 5.82 Å². The maximum Gasteiger partial charge on any atom is 0.338 e. The van der Waals surface area contributed by atoms with Crippen molar-refractivity contribution in [1.29, 1.82) is 0 Å². The van der Waals surface area contributed by atoms with E-state index in [0.717, 1.165) is 31.5 Å². The molecule has 1 amide bonds. The van der Waals surface area contributed by atoms with Gasteiger partial charge in [-0.3, -0.25) is 14.2 Å². The second-order valence-electron chi connectivity index (χ2n) is 8.43. The van der Waals surface area contributed by atoms with Crippen LogP contribution in [-0.4, -0.2) is 28.0 Å². The summed E-state index contributed by atoms with van der Waals surface area (Å²) in [5.41, 5.74) is 2.49. The van der Waals surface area contributed by atoms with Gasteiger partial charge < -0.3 is 10.1 Å². The molecule has 2 aromatic carbocycles. The first kappa shape index (κ1) is 21.7. The summed E-state index contributed by atoms with van der Waals surface area (Å²) in [4.78, 5) is 42.1. The minimum Gasteiger partial charge on any atom is -0.452 e. The van der Waals surface area contributed by atoms with E-state index in [2.05, 4.69) is 24.1 Å². The molecule has 1 aromatic heterocycles. The molecule has 0 bridgehead atoms. The third-order valence-electron chi connectivity index (χ3n) is 5.75. The van der Waals surface area contributed by atoms with Crippen LogP contribution in [0.1, 0.15) is 60.8 Å². The van der Waals surface area contributed by atoms with Crippen LogP contribution in [0.2, 0.25) is 0 Å². The van der Waals surface area contributed by atoms with Gasteiger partial charge in [0.2, 0.25) is 0 Å². The maximum absolute atomic E-state index is 12.8. The number of rotatable bonds is 5. The maximum atomic E-state index is 12.8. The Morgan fingerprint density at radius 1 is 1.09 bits per heavy atom. The highest BCUT2D eigenvalue weighted by Crippen LogP contribution is 2.18. The number of ether oxygens (including phenoxy) is 1. The number of hydrogen-bond acceptors (Lipinski definition) is 5. The number of amides is 1. The van der Waals surface area contributed by atoms with E-state index in [9.17, 15) is 14.4 Å². The van der Waals surface area contributed by atoms with E-state index in [-0.39, 0.29) is 11.1 Å². The summed E-state index contributed by atoms with van der Waals surface area (Å²) < 4.78 is 6.92. The van der Waals surface area contributed by atoms with Gasteiger partial charge in [0.15, 0.2) is 6.61 Å². The second-order valence-corrected chi connectivity index (χ2v) is 8.43. The first-order valence-electron chi connectivity index (χ1n) is 11.0. The zero-order chi connectivity index (χ0) is 22.7. The molecule has 0 spiro atoms. The van der Waals surface area contributed by atoms with E-state index in [0.29, 0.717) is 29.1 Å². The molecule has 0 fully saturated rings. The van der Waals surface area contributed by atoms with Crippen molar-refractivity contribution in [3.63, 3.8) is 0 Å². The molecule has 32 heavy (non-hydrogen) atoms. The number of fused-ring (bicyclic) bond motifs is 2. The summed E-state index contributed by atoms with van der Waals surface area (Å²) >= 11 is 0. The molecule has 1 aliphatic rings. The lowest BCUT2D eigenvalue weighted by atomic mass is 10.0. The third kappa shape index (κ3) is 4.72. The normalized spacial score (nSPS) is 13.5. The predicted octanol–water partition coefficient (Wildman–Crippen LogP) is 4.04. The van der Waals surface area contributed by atoms with E-state index in [4.69, 9.17) is 4.74 Å². The number of aromatic nitrogens is 2. The van der Waals surface area contributed by atoms with Crippen molar-refractivity contribution in [2.45, 2.75) is 52.0 Å². The van der Waals surface area contributed by atoms with Gasteiger partial charge >= 0.3 is 5.97 Å². The van der Waals surface area contributed by atoms with Crippen molar-refractivity contribution < 1.29 is 14.3 Å². The molecule has 1 N–H and O–H groups in total. The standard InChI is InChI=1S/C25H27N3O4/c1-16(2)17-7-10-19(11-8-17)26-23(29)15-32-25(31)18-9-12-20-21(14-18)27-22-6-4-3-5-13-28(22)24(20)30/h7-12,14,16H,3-6,13,15H2,1-2H3,(H,26,29). The van der Waals surface area contributed by atoms with Crippen LogP contribution in [-0.2, 0) is 22.5 Å². The summed E-state index contributed by atoms with van der Waals surface area (Å²) in [6.45, 7) is 4.48. The summed E-state index contributed by atoms with van der Waals surface area (Å²) in [6, 6.07) is 12.3. The number of nitrogens with one attached hydrogen (secondary N) is 1. The number of nitrogens with zero attached hydrogens (tertiary/aromatic N) is 2. The Balaban J connectivity index is 1.43. The van der Waals surface area contributed by atoms with Crippen LogP contribution in [0.3, 0.4) is 0 Å². The van der Waals surface area contributed by atoms with Crippen LogP contribution >= 0.6 is 0 Å². The van der Waals surface area contributed by atoms with E-state index in [1.807, 2.05) is 24.3 Å². The first-order valence-corrected chi connectivity index (χ1v) is 11.0. The molecule has 0 aliphatic carbocycles. The Morgan fingerprint density at radius 2 is 1.88 bits per heavy atom. The molecule has 2 heterocycles. The summed E-state index contributed by atoms with van der Waals surface area (Å²) in [7, 11) is 0. The Morgan fingerprint density at radius 3 is 2.62 bits per heavy atom. The van der Waals surface area contributed by atoms with E-state index in [1.165, 1.54) is 5.56 Å². The first-order chi connectivity index (χ1) is 15.4. The van der Waals surface area contributed by atoms with Crippen LogP contribution in [0.15, 0.2) is 47.3 Å². The zero-order valence-corrected chi connectivity index (χ0v) is 18.4. The number of benzene rings is 2. The molecule has 0 saturated heterocycles. The van der Waals surface area contributed by atoms with Gasteiger partial charge in [-0.05, 0) is 54.7 Å². The van der Waals surface area contributed by atoms with Crippen molar-refractivity contribution in [3.8, 4) is 0 Å². The SMILES string of the molecule is CC(C)c1ccc(NC(=O)COC(=O)c2ccc3c(=O)n4c(nc3c2)CCCCC4)cc1. The lowest BCUT2D eigenvalue weighted by Gasteiger charge is -2.11. The molecule has 166 valence electrons. The molecule has 7 heteroatoms. The zero-order valence-electron chi connectivity index (χ0n) is 18.4. The van der Waals surface area contributed by atoms with E-state index < -0.39 is 18.5 Å². The van der Waals surface area contributed by atoms with Crippen molar-refractivity contribution in [1.82, 2.24) is 9.55 Å². The smallest absolute Gasteiger partial charge is 0.338 e. The summed E-state index contributed by atoms with van der Waals surface area (Å²) in [6.07, 6.45) is 3.78. The molecule has 0 atom stereocenters. The van der Waals surface area contributed by atoms with Crippen LogP contribution in [0, 0.1) is 0 Å². The molecule has 1 aliphatic heterocycles. The van der Waals surface area contributed by atoms with Crippen molar-refractivity contribution in [3.05, 3.63) is 69.8 Å². The van der Waals surface area contributed by atoms with Gasteiger partial charge in [-0.15, -0.1) is 0 Å². The summed E-state index contributed by atoms with van der Waals surface area (Å²) in [5.74, 6) is 0.115.